The molecule has 0 fully saturated rings. The summed E-state index contributed by atoms with van der Waals surface area (Å²) in [6, 6.07) is 24.2. The quantitative estimate of drug-likeness (QED) is 0.245. The van der Waals surface area contributed by atoms with Gasteiger partial charge in [0.05, 0.1) is 0 Å². The SMILES string of the molecule is CCCCN(CC(=O)N(CCc1c[nH]c2ccccc12)Cc1ccc(N(C)C)cc1)C(=O)c1ccccc1C. The lowest BCUT2D eigenvalue weighted by Gasteiger charge is -2.28. The van der Waals surface area contributed by atoms with Crippen molar-refractivity contribution in [2.45, 2.75) is 39.7 Å². The van der Waals surface area contributed by atoms with Gasteiger partial charge < -0.3 is 19.7 Å². The van der Waals surface area contributed by atoms with Crippen LogP contribution in [0.3, 0.4) is 0 Å². The summed E-state index contributed by atoms with van der Waals surface area (Å²) >= 11 is 0. The lowest BCUT2D eigenvalue weighted by atomic mass is 10.1. The summed E-state index contributed by atoms with van der Waals surface area (Å²) in [4.78, 5) is 36.4. The van der Waals surface area contributed by atoms with Gasteiger partial charge in [0.15, 0.2) is 0 Å². The minimum Gasteiger partial charge on any atom is -0.378 e. The number of carbonyl (C=O) groups excluding carboxylic acids is 2. The molecule has 6 heteroatoms. The summed E-state index contributed by atoms with van der Waals surface area (Å²) in [5.41, 5.74) is 6.05. The number of aryl methyl sites for hydroxylation is 1. The molecule has 0 unspecified atom stereocenters. The third-order valence-corrected chi connectivity index (χ3v) is 7.28. The predicted molar refractivity (Wildman–Crippen MR) is 160 cm³/mol. The van der Waals surface area contributed by atoms with Crippen LogP contribution in [0, 0.1) is 6.92 Å². The molecule has 4 aromatic rings. The summed E-state index contributed by atoms with van der Waals surface area (Å²) in [7, 11) is 4.03. The molecule has 2 amide bonds. The number of aromatic amines is 1. The zero-order valence-corrected chi connectivity index (χ0v) is 23.6. The van der Waals surface area contributed by atoms with E-state index >= 15 is 0 Å². The second-order valence-corrected chi connectivity index (χ2v) is 10.4. The molecule has 1 aromatic heterocycles. The number of rotatable bonds is 12. The molecule has 1 N–H and O–H groups in total. The molecule has 1 heterocycles. The summed E-state index contributed by atoms with van der Waals surface area (Å²) in [5, 5.41) is 1.18. The Hall–Kier alpha value is -4.06. The molecule has 39 heavy (non-hydrogen) atoms. The fourth-order valence-corrected chi connectivity index (χ4v) is 4.85. The molecule has 0 radical (unpaired) electrons. The summed E-state index contributed by atoms with van der Waals surface area (Å²) < 4.78 is 0. The zero-order chi connectivity index (χ0) is 27.8. The fourth-order valence-electron chi connectivity index (χ4n) is 4.85. The van der Waals surface area contributed by atoms with Crippen LogP contribution >= 0.6 is 0 Å². The third kappa shape index (κ3) is 7.08. The molecule has 204 valence electrons. The zero-order valence-electron chi connectivity index (χ0n) is 23.6. The van der Waals surface area contributed by atoms with E-state index in [2.05, 4.69) is 53.2 Å². The van der Waals surface area contributed by atoms with Crippen LogP contribution in [-0.4, -0.2) is 60.3 Å². The Morgan fingerprint density at radius 1 is 0.846 bits per heavy atom. The highest BCUT2D eigenvalue weighted by molar-refractivity contribution is 5.97. The van der Waals surface area contributed by atoms with Gasteiger partial charge in [-0.1, -0.05) is 61.9 Å². The minimum atomic E-state index is -0.0817. The number of H-pyrrole nitrogens is 1. The van der Waals surface area contributed by atoms with Gasteiger partial charge in [-0.2, -0.15) is 0 Å². The van der Waals surface area contributed by atoms with Crippen molar-refractivity contribution in [3.8, 4) is 0 Å². The highest BCUT2D eigenvalue weighted by atomic mass is 16.2. The van der Waals surface area contributed by atoms with Crippen LogP contribution in [0.4, 0.5) is 5.69 Å². The van der Waals surface area contributed by atoms with Crippen molar-refractivity contribution in [3.63, 3.8) is 0 Å². The highest BCUT2D eigenvalue weighted by Crippen LogP contribution is 2.20. The number of carbonyl (C=O) groups is 2. The van der Waals surface area contributed by atoms with E-state index in [0.717, 1.165) is 41.6 Å². The van der Waals surface area contributed by atoms with E-state index in [0.29, 0.717) is 25.2 Å². The van der Waals surface area contributed by atoms with Crippen LogP contribution in [-0.2, 0) is 17.8 Å². The molecule has 0 bridgehead atoms. The van der Waals surface area contributed by atoms with E-state index in [1.807, 2.05) is 68.5 Å². The number of hydrogen-bond donors (Lipinski definition) is 1. The molecule has 0 atom stereocenters. The molecule has 6 nitrogen and oxygen atoms in total. The first-order valence-corrected chi connectivity index (χ1v) is 13.8. The van der Waals surface area contributed by atoms with Crippen LogP contribution in [0.25, 0.3) is 10.9 Å². The van der Waals surface area contributed by atoms with Crippen molar-refractivity contribution in [1.29, 1.82) is 0 Å². The van der Waals surface area contributed by atoms with E-state index in [1.54, 1.807) is 4.90 Å². The summed E-state index contributed by atoms with van der Waals surface area (Å²) in [5.74, 6) is -0.119. The first kappa shape index (κ1) is 28.0. The van der Waals surface area contributed by atoms with Crippen molar-refractivity contribution < 1.29 is 9.59 Å². The van der Waals surface area contributed by atoms with Crippen LogP contribution in [0.2, 0.25) is 0 Å². The van der Waals surface area contributed by atoms with Gasteiger partial charge in [-0.25, -0.2) is 0 Å². The Morgan fingerprint density at radius 2 is 1.56 bits per heavy atom. The smallest absolute Gasteiger partial charge is 0.254 e. The van der Waals surface area contributed by atoms with E-state index in [4.69, 9.17) is 0 Å². The number of hydrogen-bond acceptors (Lipinski definition) is 3. The monoisotopic (exact) mass is 524 g/mol. The summed E-state index contributed by atoms with van der Waals surface area (Å²) in [6.45, 7) is 5.73. The number of amides is 2. The maximum atomic E-state index is 13.9. The van der Waals surface area contributed by atoms with Gasteiger partial charge >= 0.3 is 0 Å². The van der Waals surface area contributed by atoms with Crippen LogP contribution in [0.15, 0.2) is 79.0 Å². The van der Waals surface area contributed by atoms with Gasteiger partial charge in [-0.15, -0.1) is 0 Å². The van der Waals surface area contributed by atoms with Crippen molar-refractivity contribution in [1.82, 2.24) is 14.8 Å². The number of anilines is 1. The molecular weight excluding hydrogens is 484 g/mol. The molecular formula is C33H40N4O2. The largest absolute Gasteiger partial charge is 0.378 e. The Bertz CT molecular complexity index is 1390. The van der Waals surface area contributed by atoms with Crippen LogP contribution in [0.5, 0.6) is 0 Å². The Balaban J connectivity index is 1.56. The van der Waals surface area contributed by atoms with Gasteiger partial charge in [0.1, 0.15) is 6.54 Å². The second kappa shape index (κ2) is 13.1. The van der Waals surface area contributed by atoms with Crippen molar-refractivity contribution >= 4 is 28.4 Å². The number of fused-ring (bicyclic) bond motifs is 1. The van der Waals surface area contributed by atoms with Gasteiger partial charge in [0.25, 0.3) is 5.91 Å². The Kier molecular flexibility index (Phi) is 9.42. The fraction of sp³-hybridized carbons (Fsp3) is 0.333. The molecule has 0 spiro atoms. The van der Waals surface area contributed by atoms with E-state index < -0.39 is 0 Å². The molecule has 0 aliphatic carbocycles. The van der Waals surface area contributed by atoms with Gasteiger partial charge in [-0.3, -0.25) is 9.59 Å². The molecule has 3 aromatic carbocycles. The van der Waals surface area contributed by atoms with Crippen LogP contribution in [0.1, 0.15) is 46.8 Å². The summed E-state index contributed by atoms with van der Waals surface area (Å²) in [6.07, 6.45) is 4.57. The van der Waals surface area contributed by atoms with E-state index in [1.165, 1.54) is 10.9 Å². The first-order valence-electron chi connectivity index (χ1n) is 13.8. The standard InChI is InChI=1S/C33H40N4O2/c1-5-6-20-37(33(39)29-12-8-7-11-25(29)2)24-32(38)36(23-26-15-17-28(18-16-26)35(3)4)21-19-27-22-34-31-14-10-9-13-30(27)31/h7-18,22,34H,5-6,19-21,23-24H2,1-4H3. The third-order valence-electron chi connectivity index (χ3n) is 7.28. The van der Waals surface area contributed by atoms with Gasteiger partial charge in [0.2, 0.25) is 5.91 Å². The number of para-hydroxylation sites is 1. The van der Waals surface area contributed by atoms with Crippen molar-refractivity contribution in [3.05, 3.63) is 101 Å². The second-order valence-electron chi connectivity index (χ2n) is 10.4. The maximum Gasteiger partial charge on any atom is 0.254 e. The Morgan fingerprint density at radius 3 is 2.28 bits per heavy atom. The predicted octanol–water partition coefficient (Wildman–Crippen LogP) is 6.06. The number of unbranched alkanes of at least 4 members (excludes halogenated alkanes) is 1. The number of nitrogens with one attached hydrogen (secondary N) is 1. The number of aromatic nitrogens is 1. The molecule has 0 saturated carbocycles. The normalized spacial score (nSPS) is 11.0. The van der Waals surface area contributed by atoms with E-state index in [-0.39, 0.29) is 18.4 Å². The molecule has 4 rings (SSSR count). The first-order chi connectivity index (χ1) is 18.9. The van der Waals surface area contributed by atoms with Crippen molar-refractivity contribution in [2.75, 3.05) is 38.6 Å². The highest BCUT2D eigenvalue weighted by Gasteiger charge is 2.23. The lowest BCUT2D eigenvalue weighted by Crippen LogP contribution is -2.44. The maximum absolute atomic E-state index is 13.9. The van der Waals surface area contributed by atoms with Crippen molar-refractivity contribution in [2.24, 2.45) is 0 Å². The minimum absolute atomic E-state index is 0.0374. The van der Waals surface area contributed by atoms with Gasteiger partial charge in [-0.05, 0) is 60.7 Å². The van der Waals surface area contributed by atoms with E-state index in [9.17, 15) is 9.59 Å². The van der Waals surface area contributed by atoms with Gasteiger partial charge in [0, 0.05) is 62.1 Å². The Labute approximate surface area is 232 Å². The topological polar surface area (TPSA) is 59.7 Å². The molecule has 0 saturated heterocycles. The van der Waals surface area contributed by atoms with Crippen LogP contribution < -0.4 is 4.90 Å². The number of nitrogens with zero attached hydrogens (tertiary/aromatic N) is 3. The lowest BCUT2D eigenvalue weighted by molar-refractivity contribution is -0.132. The molecule has 0 aliphatic rings. The average molecular weight is 525 g/mol. The average Bonchev–Trinajstić information content (AvgIpc) is 3.36. The molecule has 0 aliphatic heterocycles. The number of benzene rings is 3.